The summed E-state index contributed by atoms with van der Waals surface area (Å²) in [4.78, 5) is 14.6. The van der Waals surface area contributed by atoms with E-state index < -0.39 is 23.6 Å². The second-order valence-corrected chi connectivity index (χ2v) is 2.96. The monoisotopic (exact) mass is 249 g/mol. The minimum absolute atomic E-state index is 0.0612. The highest BCUT2D eigenvalue weighted by molar-refractivity contribution is 5.92. The molecule has 0 bridgehead atoms. The molecule has 0 aromatic carbocycles. The molecule has 0 aliphatic heterocycles. The fourth-order valence-corrected chi connectivity index (χ4v) is 1.23. The normalized spacial score (nSPS) is 11.1. The van der Waals surface area contributed by atoms with E-state index in [9.17, 15) is 18.0 Å². The first-order valence-electron chi connectivity index (χ1n) is 4.69. The van der Waals surface area contributed by atoms with E-state index in [1.54, 1.807) is 6.92 Å². The van der Waals surface area contributed by atoms with Gasteiger partial charge in [0.2, 0.25) is 0 Å². The van der Waals surface area contributed by atoms with Gasteiger partial charge in [-0.1, -0.05) is 0 Å². The van der Waals surface area contributed by atoms with Crippen molar-refractivity contribution in [1.29, 1.82) is 0 Å². The van der Waals surface area contributed by atoms with E-state index in [1.165, 1.54) is 0 Å². The van der Waals surface area contributed by atoms with E-state index in [4.69, 9.17) is 0 Å². The molecule has 0 fully saturated rings. The van der Waals surface area contributed by atoms with E-state index >= 15 is 0 Å². The van der Waals surface area contributed by atoms with Gasteiger partial charge in [-0.05, 0) is 13.0 Å². The molecule has 0 amide bonds. The molecule has 0 N–H and O–H groups in total. The van der Waals surface area contributed by atoms with Crippen LogP contribution in [0.2, 0.25) is 0 Å². The Bertz CT molecular complexity index is 418. The predicted octanol–water partition coefficient (Wildman–Crippen LogP) is 2.29. The fourth-order valence-electron chi connectivity index (χ4n) is 1.23. The van der Waals surface area contributed by atoms with Crippen LogP contribution in [0.1, 0.15) is 23.0 Å². The van der Waals surface area contributed by atoms with Crippen molar-refractivity contribution in [3.8, 4) is 5.75 Å². The van der Waals surface area contributed by atoms with E-state index in [0.29, 0.717) is 0 Å². The zero-order valence-corrected chi connectivity index (χ0v) is 9.17. The quantitative estimate of drug-likeness (QED) is 0.771. The van der Waals surface area contributed by atoms with Crippen molar-refractivity contribution < 1.29 is 27.4 Å². The molecule has 1 aromatic rings. The summed E-state index contributed by atoms with van der Waals surface area (Å²) >= 11 is 0. The van der Waals surface area contributed by atoms with Crippen molar-refractivity contribution in [3.63, 3.8) is 0 Å². The van der Waals surface area contributed by atoms with Gasteiger partial charge in [0, 0.05) is 6.20 Å². The predicted molar refractivity (Wildman–Crippen MR) is 51.7 cm³/mol. The molecule has 0 saturated carbocycles. The van der Waals surface area contributed by atoms with Crippen LogP contribution >= 0.6 is 0 Å². The van der Waals surface area contributed by atoms with Gasteiger partial charge in [-0.15, -0.1) is 0 Å². The molecule has 1 heterocycles. The molecule has 0 spiro atoms. The maximum Gasteiger partial charge on any atom is 0.437 e. The number of rotatable bonds is 3. The van der Waals surface area contributed by atoms with Gasteiger partial charge in [0.1, 0.15) is 5.56 Å². The Labute approximate surface area is 95.4 Å². The molecule has 17 heavy (non-hydrogen) atoms. The van der Waals surface area contributed by atoms with Gasteiger partial charge in [0.25, 0.3) is 0 Å². The lowest BCUT2D eigenvalue weighted by atomic mass is 10.2. The standard InChI is InChI=1S/C10H10F3NO3/c1-3-17-9(15)6-4-5-14-8(7(6)16-2)10(11,12)13/h4-5H,3H2,1-2H3. The first kappa shape index (κ1) is 13.3. The van der Waals surface area contributed by atoms with E-state index in [0.717, 1.165) is 19.4 Å². The number of aromatic nitrogens is 1. The maximum absolute atomic E-state index is 12.6. The number of carbonyl (C=O) groups is 1. The smallest absolute Gasteiger partial charge is 0.437 e. The van der Waals surface area contributed by atoms with Crippen molar-refractivity contribution in [1.82, 2.24) is 4.98 Å². The van der Waals surface area contributed by atoms with E-state index in [-0.39, 0.29) is 12.2 Å². The van der Waals surface area contributed by atoms with Crippen molar-refractivity contribution in [2.45, 2.75) is 13.1 Å². The number of alkyl halides is 3. The lowest BCUT2D eigenvalue weighted by molar-refractivity contribution is -0.142. The van der Waals surface area contributed by atoms with Gasteiger partial charge in [0.05, 0.1) is 13.7 Å². The van der Waals surface area contributed by atoms with Gasteiger partial charge in [-0.25, -0.2) is 9.78 Å². The Hall–Kier alpha value is -1.79. The van der Waals surface area contributed by atoms with Gasteiger partial charge >= 0.3 is 12.1 Å². The van der Waals surface area contributed by atoms with Crippen LogP contribution in [0.3, 0.4) is 0 Å². The number of hydrogen-bond acceptors (Lipinski definition) is 4. The Morgan fingerprint density at radius 1 is 1.47 bits per heavy atom. The molecule has 0 saturated heterocycles. The second kappa shape index (κ2) is 5.03. The lowest BCUT2D eigenvalue weighted by Gasteiger charge is -2.13. The summed E-state index contributed by atoms with van der Waals surface area (Å²) in [5, 5.41) is 0. The van der Waals surface area contributed by atoms with Gasteiger partial charge in [-0.2, -0.15) is 13.2 Å². The molecule has 0 aliphatic rings. The molecule has 0 aliphatic carbocycles. The van der Waals surface area contributed by atoms with Gasteiger partial charge in [0.15, 0.2) is 11.4 Å². The summed E-state index contributed by atoms with van der Waals surface area (Å²) < 4.78 is 46.9. The van der Waals surface area contributed by atoms with Crippen LogP contribution in [-0.4, -0.2) is 24.7 Å². The third kappa shape index (κ3) is 2.86. The molecule has 4 nitrogen and oxygen atoms in total. The summed E-state index contributed by atoms with van der Waals surface area (Å²) in [6, 6.07) is 1.12. The zero-order valence-electron chi connectivity index (χ0n) is 9.17. The third-order valence-electron chi connectivity index (χ3n) is 1.87. The molecule has 1 rings (SSSR count). The van der Waals surface area contributed by atoms with E-state index in [2.05, 4.69) is 14.5 Å². The van der Waals surface area contributed by atoms with Crippen LogP contribution < -0.4 is 4.74 Å². The largest absolute Gasteiger partial charge is 0.494 e. The Kier molecular flexibility index (Phi) is 3.93. The topological polar surface area (TPSA) is 48.4 Å². The number of ether oxygens (including phenoxy) is 2. The summed E-state index contributed by atoms with van der Waals surface area (Å²) in [5.41, 5.74) is -1.54. The van der Waals surface area contributed by atoms with E-state index in [1.807, 2.05) is 0 Å². The number of carbonyl (C=O) groups excluding carboxylic acids is 1. The number of hydrogen-bond donors (Lipinski definition) is 0. The minimum atomic E-state index is -4.69. The molecular weight excluding hydrogens is 239 g/mol. The molecular formula is C10H10F3NO3. The highest BCUT2D eigenvalue weighted by Crippen LogP contribution is 2.36. The Morgan fingerprint density at radius 2 is 2.12 bits per heavy atom. The SMILES string of the molecule is CCOC(=O)c1ccnc(C(F)(F)F)c1OC. The number of halogens is 3. The zero-order chi connectivity index (χ0) is 13.1. The first-order valence-corrected chi connectivity index (χ1v) is 4.69. The van der Waals surface area contributed by atoms with Gasteiger partial charge in [-0.3, -0.25) is 0 Å². The Balaban J connectivity index is 3.29. The molecule has 0 unspecified atom stereocenters. The summed E-state index contributed by atoms with van der Waals surface area (Å²) in [7, 11) is 1.04. The van der Waals surface area contributed by atoms with Crippen molar-refractivity contribution in [2.75, 3.05) is 13.7 Å². The highest BCUT2D eigenvalue weighted by Gasteiger charge is 2.38. The molecule has 0 atom stereocenters. The maximum atomic E-state index is 12.6. The summed E-state index contributed by atoms with van der Waals surface area (Å²) in [6.45, 7) is 1.61. The molecule has 7 heteroatoms. The van der Waals surface area contributed by atoms with Crippen LogP contribution in [0.4, 0.5) is 13.2 Å². The summed E-state index contributed by atoms with van der Waals surface area (Å²) in [6.07, 6.45) is -3.80. The van der Waals surface area contributed by atoms with Crippen LogP contribution in [0.25, 0.3) is 0 Å². The Morgan fingerprint density at radius 3 is 2.59 bits per heavy atom. The fraction of sp³-hybridized carbons (Fsp3) is 0.400. The molecule has 0 radical (unpaired) electrons. The second-order valence-electron chi connectivity index (χ2n) is 2.96. The average molecular weight is 249 g/mol. The molecule has 1 aromatic heterocycles. The van der Waals surface area contributed by atoms with Crippen molar-refractivity contribution in [3.05, 3.63) is 23.5 Å². The third-order valence-corrected chi connectivity index (χ3v) is 1.87. The number of nitrogens with zero attached hydrogens (tertiary/aromatic N) is 1. The summed E-state index contributed by atoms with van der Waals surface area (Å²) in [5.74, 6) is -1.50. The average Bonchev–Trinajstić information content (AvgIpc) is 2.27. The van der Waals surface area contributed by atoms with Crippen molar-refractivity contribution in [2.24, 2.45) is 0 Å². The van der Waals surface area contributed by atoms with Crippen LogP contribution in [-0.2, 0) is 10.9 Å². The number of methoxy groups -OCH3 is 1. The van der Waals surface area contributed by atoms with Crippen molar-refractivity contribution >= 4 is 5.97 Å². The minimum Gasteiger partial charge on any atom is -0.494 e. The highest BCUT2D eigenvalue weighted by atomic mass is 19.4. The van der Waals surface area contributed by atoms with Crippen LogP contribution in [0.5, 0.6) is 5.75 Å². The van der Waals surface area contributed by atoms with Gasteiger partial charge < -0.3 is 9.47 Å². The van der Waals surface area contributed by atoms with Crippen LogP contribution in [0, 0.1) is 0 Å². The molecule has 94 valence electrons. The number of pyridine rings is 1. The first-order chi connectivity index (χ1) is 7.91. The lowest BCUT2D eigenvalue weighted by Crippen LogP contribution is -2.14. The number of esters is 1. The van der Waals surface area contributed by atoms with Crippen LogP contribution in [0.15, 0.2) is 12.3 Å².